The number of benzene rings is 2. The van der Waals surface area contributed by atoms with Gasteiger partial charge in [-0.15, -0.1) is 0 Å². The molecule has 0 aliphatic carbocycles. The van der Waals surface area contributed by atoms with E-state index in [9.17, 15) is 0 Å². The van der Waals surface area contributed by atoms with Crippen LogP contribution in [0.4, 0.5) is 5.69 Å². The van der Waals surface area contributed by atoms with Crippen LogP contribution in [0.3, 0.4) is 0 Å². The quantitative estimate of drug-likeness (QED) is 0.906. The summed E-state index contributed by atoms with van der Waals surface area (Å²) in [6, 6.07) is 15.1. The van der Waals surface area contributed by atoms with Gasteiger partial charge in [-0.1, -0.05) is 30.3 Å². The van der Waals surface area contributed by atoms with Crippen LogP contribution >= 0.6 is 0 Å². The van der Waals surface area contributed by atoms with Crippen molar-refractivity contribution in [3.63, 3.8) is 0 Å². The normalized spacial score (nSPS) is 17.6. The third-order valence-corrected chi connectivity index (χ3v) is 4.09. The zero-order chi connectivity index (χ0) is 13.9. The minimum Gasteiger partial charge on any atom is -0.382 e. The number of aryl methyl sites for hydroxylation is 2. The van der Waals surface area contributed by atoms with Gasteiger partial charge in [-0.3, -0.25) is 0 Å². The van der Waals surface area contributed by atoms with Crippen molar-refractivity contribution in [3.8, 4) is 0 Å². The predicted octanol–water partition coefficient (Wildman–Crippen LogP) is 4.03. The molecule has 0 radical (unpaired) electrons. The zero-order valence-corrected chi connectivity index (χ0v) is 12.1. The van der Waals surface area contributed by atoms with Gasteiger partial charge in [-0.25, -0.2) is 0 Å². The van der Waals surface area contributed by atoms with Crippen molar-refractivity contribution in [1.29, 1.82) is 0 Å². The van der Waals surface area contributed by atoms with Crippen molar-refractivity contribution >= 4 is 5.69 Å². The highest BCUT2D eigenvalue weighted by molar-refractivity contribution is 5.48. The highest BCUT2D eigenvalue weighted by Gasteiger charge is 2.19. The van der Waals surface area contributed by atoms with Crippen molar-refractivity contribution in [2.75, 3.05) is 18.5 Å². The smallest absolute Gasteiger partial charge is 0.0999 e. The topological polar surface area (TPSA) is 21.3 Å². The molecule has 0 saturated carbocycles. The summed E-state index contributed by atoms with van der Waals surface area (Å²) >= 11 is 0. The van der Waals surface area contributed by atoms with Gasteiger partial charge >= 0.3 is 0 Å². The Bertz CT molecular complexity index is 606. The average molecular weight is 267 g/mol. The van der Waals surface area contributed by atoms with E-state index in [0.29, 0.717) is 0 Å². The maximum absolute atomic E-state index is 5.92. The number of hydrogen-bond acceptors (Lipinski definition) is 2. The van der Waals surface area contributed by atoms with Crippen LogP contribution in [0.5, 0.6) is 0 Å². The lowest BCUT2D eigenvalue weighted by atomic mass is 9.97. The lowest BCUT2D eigenvalue weighted by Crippen LogP contribution is -2.22. The van der Waals surface area contributed by atoms with Crippen LogP contribution in [0.25, 0.3) is 0 Å². The molecule has 1 aliphatic rings. The molecule has 2 aromatic carbocycles. The summed E-state index contributed by atoms with van der Waals surface area (Å²) < 4.78 is 5.92. The summed E-state index contributed by atoms with van der Waals surface area (Å²) in [6.07, 6.45) is 1.18. The third kappa shape index (κ3) is 2.70. The van der Waals surface area contributed by atoms with E-state index >= 15 is 0 Å². The number of rotatable bonds is 3. The van der Waals surface area contributed by atoms with Gasteiger partial charge in [0.05, 0.1) is 12.7 Å². The second kappa shape index (κ2) is 5.68. The molecule has 0 fully saturated rings. The van der Waals surface area contributed by atoms with Crippen LogP contribution in [-0.2, 0) is 11.2 Å². The highest BCUT2D eigenvalue weighted by atomic mass is 16.5. The molecule has 1 aliphatic heterocycles. The standard InChI is InChI=1S/C18H21NO/c1-13-7-8-16(11-14(13)2)19-12-18-17-6-4-3-5-15(17)9-10-20-18/h3-8,11,18-19H,9-10,12H2,1-2H3. The Morgan fingerprint density at radius 1 is 1.10 bits per heavy atom. The summed E-state index contributed by atoms with van der Waals surface area (Å²) in [5, 5.41) is 3.50. The van der Waals surface area contributed by atoms with Crippen molar-refractivity contribution in [2.24, 2.45) is 0 Å². The summed E-state index contributed by atoms with van der Waals surface area (Å²) in [4.78, 5) is 0. The molecule has 2 heteroatoms. The number of fused-ring (bicyclic) bond motifs is 1. The molecule has 0 bridgehead atoms. The third-order valence-electron chi connectivity index (χ3n) is 4.09. The first kappa shape index (κ1) is 13.2. The van der Waals surface area contributed by atoms with Gasteiger partial charge < -0.3 is 10.1 Å². The van der Waals surface area contributed by atoms with Crippen molar-refractivity contribution in [3.05, 3.63) is 64.7 Å². The molecule has 1 N–H and O–H groups in total. The Balaban J connectivity index is 1.71. The van der Waals surface area contributed by atoms with Crippen LogP contribution in [-0.4, -0.2) is 13.2 Å². The van der Waals surface area contributed by atoms with Crippen LogP contribution in [0.2, 0.25) is 0 Å². The Kier molecular flexibility index (Phi) is 3.75. The number of ether oxygens (including phenoxy) is 1. The molecule has 20 heavy (non-hydrogen) atoms. The highest BCUT2D eigenvalue weighted by Crippen LogP contribution is 2.27. The largest absolute Gasteiger partial charge is 0.382 e. The van der Waals surface area contributed by atoms with E-state index in [1.807, 2.05) is 0 Å². The molecule has 1 unspecified atom stereocenters. The second-order valence-corrected chi connectivity index (χ2v) is 5.49. The first-order valence-electron chi connectivity index (χ1n) is 7.24. The molecule has 0 saturated heterocycles. The Morgan fingerprint density at radius 3 is 2.80 bits per heavy atom. The maximum atomic E-state index is 5.92. The Labute approximate surface area is 120 Å². The summed E-state index contributed by atoms with van der Waals surface area (Å²) in [5.41, 5.74) is 6.57. The van der Waals surface area contributed by atoms with Gasteiger partial charge in [0.1, 0.15) is 0 Å². The molecular weight excluding hydrogens is 246 g/mol. The molecule has 0 spiro atoms. The molecule has 0 amide bonds. The minimum atomic E-state index is 0.154. The van der Waals surface area contributed by atoms with Crippen molar-refractivity contribution in [1.82, 2.24) is 0 Å². The molecular formula is C18H21NO. The Morgan fingerprint density at radius 2 is 1.95 bits per heavy atom. The number of anilines is 1. The van der Waals surface area contributed by atoms with E-state index in [2.05, 4.69) is 61.6 Å². The summed E-state index contributed by atoms with van der Waals surface area (Å²) in [7, 11) is 0. The van der Waals surface area contributed by atoms with Gasteiger partial charge in [0.2, 0.25) is 0 Å². The van der Waals surface area contributed by atoms with Gasteiger partial charge in [0.25, 0.3) is 0 Å². The monoisotopic (exact) mass is 267 g/mol. The molecule has 1 heterocycles. The van der Waals surface area contributed by atoms with E-state index in [1.54, 1.807) is 0 Å². The van der Waals surface area contributed by atoms with E-state index < -0.39 is 0 Å². The first-order valence-corrected chi connectivity index (χ1v) is 7.24. The van der Waals surface area contributed by atoms with Crippen LogP contribution in [0, 0.1) is 13.8 Å². The van der Waals surface area contributed by atoms with E-state index in [-0.39, 0.29) is 6.10 Å². The average Bonchev–Trinajstić information content (AvgIpc) is 2.48. The lowest BCUT2D eigenvalue weighted by molar-refractivity contribution is 0.0513. The van der Waals surface area contributed by atoms with Gasteiger partial charge in [0, 0.05) is 12.2 Å². The van der Waals surface area contributed by atoms with Gasteiger partial charge in [-0.05, 0) is 54.7 Å². The first-order chi connectivity index (χ1) is 9.74. The Hall–Kier alpha value is -1.80. The number of hydrogen-bond donors (Lipinski definition) is 1. The zero-order valence-electron chi connectivity index (χ0n) is 12.1. The molecule has 0 aromatic heterocycles. The molecule has 1 atom stereocenters. The predicted molar refractivity (Wildman–Crippen MR) is 83.2 cm³/mol. The van der Waals surface area contributed by atoms with Crippen molar-refractivity contribution in [2.45, 2.75) is 26.4 Å². The molecule has 104 valence electrons. The second-order valence-electron chi connectivity index (χ2n) is 5.49. The summed E-state index contributed by atoms with van der Waals surface area (Å²) in [5.74, 6) is 0. The van der Waals surface area contributed by atoms with E-state index in [1.165, 1.54) is 27.9 Å². The fourth-order valence-electron chi connectivity index (χ4n) is 2.71. The van der Waals surface area contributed by atoms with E-state index in [4.69, 9.17) is 4.74 Å². The van der Waals surface area contributed by atoms with E-state index in [0.717, 1.165) is 19.6 Å². The minimum absolute atomic E-state index is 0.154. The molecule has 2 aromatic rings. The van der Waals surface area contributed by atoms with Crippen molar-refractivity contribution < 1.29 is 4.74 Å². The van der Waals surface area contributed by atoms with Crippen LogP contribution < -0.4 is 5.32 Å². The fourth-order valence-corrected chi connectivity index (χ4v) is 2.71. The maximum Gasteiger partial charge on any atom is 0.0999 e. The van der Waals surface area contributed by atoms with Gasteiger partial charge in [0.15, 0.2) is 0 Å². The lowest BCUT2D eigenvalue weighted by Gasteiger charge is -2.26. The molecule has 3 rings (SSSR count). The van der Waals surface area contributed by atoms with Crippen LogP contribution in [0.15, 0.2) is 42.5 Å². The summed E-state index contributed by atoms with van der Waals surface area (Å²) in [6.45, 7) is 5.92. The van der Waals surface area contributed by atoms with Gasteiger partial charge in [-0.2, -0.15) is 0 Å². The molecule has 2 nitrogen and oxygen atoms in total. The van der Waals surface area contributed by atoms with Crippen LogP contribution in [0.1, 0.15) is 28.4 Å². The SMILES string of the molecule is Cc1ccc(NCC2OCCc3ccccc32)cc1C. The fraction of sp³-hybridized carbons (Fsp3) is 0.333. The number of nitrogens with one attached hydrogen (secondary N) is 1.